The molecule has 0 unspecified atom stereocenters. The molecule has 0 radical (unpaired) electrons. The number of β-lactam (4-membered cyclic amide) rings is 1. The average Bonchev–Trinajstić information content (AvgIpc) is 2.98. The van der Waals surface area contributed by atoms with Crippen LogP contribution in [0.5, 0.6) is 0 Å². The summed E-state index contributed by atoms with van der Waals surface area (Å²) in [5, 5.41) is 20.7. The Morgan fingerprint density at radius 2 is 1.90 bits per heavy atom. The summed E-state index contributed by atoms with van der Waals surface area (Å²) in [7, 11) is 0. The summed E-state index contributed by atoms with van der Waals surface area (Å²) in [6.07, 6.45) is -0.962. The van der Waals surface area contributed by atoms with E-state index in [9.17, 15) is 29.6 Å². The summed E-state index contributed by atoms with van der Waals surface area (Å²) < 4.78 is 5.27. The number of hydrogen-bond donors (Lipinski definition) is 1. The lowest BCUT2D eigenvalue weighted by atomic mass is 9.78. The van der Waals surface area contributed by atoms with Gasteiger partial charge in [-0.2, -0.15) is 4.89 Å². The molecular formula is C20H22N2O9. The Labute approximate surface area is 177 Å². The molecule has 0 aliphatic carbocycles. The van der Waals surface area contributed by atoms with Crippen molar-refractivity contribution >= 4 is 23.5 Å². The number of hydrogen-bond acceptors (Lipinski definition) is 9. The molecule has 1 saturated heterocycles. The summed E-state index contributed by atoms with van der Waals surface area (Å²) in [6, 6.07) is 4.82. The predicted molar refractivity (Wildman–Crippen MR) is 103 cm³/mol. The molecule has 2 aliphatic rings. The van der Waals surface area contributed by atoms with E-state index in [-0.39, 0.29) is 30.2 Å². The smallest absolute Gasteiger partial charge is 0.371 e. The molecule has 1 N–H and O–H groups in total. The minimum atomic E-state index is -0.962. The maximum Gasteiger partial charge on any atom is 0.371 e. The molecule has 0 aromatic heterocycles. The number of fused-ring (bicyclic) bond motifs is 1. The normalized spacial score (nSPS) is 23.2. The fourth-order valence-corrected chi connectivity index (χ4v) is 3.91. The minimum absolute atomic E-state index is 0.0661. The molecule has 1 aromatic carbocycles. The van der Waals surface area contributed by atoms with Crippen LogP contribution >= 0.6 is 0 Å². The number of esters is 1. The van der Waals surface area contributed by atoms with Crippen molar-refractivity contribution in [3.63, 3.8) is 0 Å². The van der Waals surface area contributed by atoms with Gasteiger partial charge in [-0.1, -0.05) is 6.92 Å². The van der Waals surface area contributed by atoms with Gasteiger partial charge in [-0.25, -0.2) is 9.59 Å². The van der Waals surface area contributed by atoms with E-state index in [4.69, 9.17) is 14.5 Å². The van der Waals surface area contributed by atoms with Crippen molar-refractivity contribution in [1.82, 2.24) is 4.90 Å². The van der Waals surface area contributed by atoms with E-state index in [1.807, 2.05) is 0 Å². The third-order valence-electron chi connectivity index (χ3n) is 5.35. The van der Waals surface area contributed by atoms with Gasteiger partial charge in [0.05, 0.1) is 35.2 Å². The Balaban J connectivity index is 1.83. The van der Waals surface area contributed by atoms with Gasteiger partial charge in [0.1, 0.15) is 12.3 Å². The summed E-state index contributed by atoms with van der Waals surface area (Å²) >= 11 is 0. The van der Waals surface area contributed by atoms with E-state index in [1.165, 1.54) is 31.2 Å². The van der Waals surface area contributed by atoms with E-state index in [0.717, 1.165) is 4.90 Å². The van der Waals surface area contributed by atoms with Crippen molar-refractivity contribution in [3.05, 3.63) is 51.2 Å². The van der Waals surface area contributed by atoms with Crippen LogP contribution < -0.4 is 0 Å². The molecule has 1 aromatic rings. The van der Waals surface area contributed by atoms with Crippen LogP contribution in [0.4, 0.5) is 5.69 Å². The second-order valence-corrected chi connectivity index (χ2v) is 7.29. The van der Waals surface area contributed by atoms with Gasteiger partial charge in [0, 0.05) is 18.1 Å². The largest absolute Gasteiger partial charge is 0.456 e. The lowest BCUT2D eigenvalue weighted by molar-refractivity contribution is -0.384. The van der Waals surface area contributed by atoms with Crippen LogP contribution in [0, 0.1) is 22.0 Å². The Bertz CT molecular complexity index is 938. The molecular weight excluding hydrogens is 412 g/mol. The van der Waals surface area contributed by atoms with Gasteiger partial charge in [-0.15, -0.1) is 0 Å². The Morgan fingerprint density at radius 1 is 1.26 bits per heavy atom. The second-order valence-electron chi connectivity index (χ2n) is 7.29. The molecule has 4 atom stereocenters. The maximum absolute atomic E-state index is 12.8. The molecule has 1 fully saturated rings. The minimum Gasteiger partial charge on any atom is -0.456 e. The maximum atomic E-state index is 12.8. The van der Waals surface area contributed by atoms with Crippen LogP contribution in [-0.2, 0) is 35.5 Å². The van der Waals surface area contributed by atoms with Gasteiger partial charge in [-0.05, 0) is 31.5 Å². The van der Waals surface area contributed by atoms with Gasteiger partial charge in [0.2, 0.25) is 5.91 Å². The first kappa shape index (κ1) is 22.4. The Kier molecular flexibility index (Phi) is 6.37. The standard InChI is InChI=1S/C20H22N2O9/c1-4-30-31-19(25)14-10(2)16-15(11(3)23)18(24)21(16)17(14)20(26)29-9-12-5-7-13(8-6-12)22(27)28/h5-8,10-11,15-16,23H,4,9H2,1-3H3/t10-,11-,15-,16-/m1/s1. The predicted octanol–water partition coefficient (Wildman–Crippen LogP) is 1.24. The van der Waals surface area contributed by atoms with E-state index in [0.29, 0.717) is 5.56 Å². The third kappa shape index (κ3) is 4.01. The van der Waals surface area contributed by atoms with Gasteiger partial charge >= 0.3 is 11.9 Å². The number of amides is 1. The molecule has 31 heavy (non-hydrogen) atoms. The van der Waals surface area contributed by atoms with Crippen LogP contribution in [0.1, 0.15) is 26.3 Å². The van der Waals surface area contributed by atoms with Crippen molar-refractivity contribution in [1.29, 1.82) is 0 Å². The monoisotopic (exact) mass is 434 g/mol. The molecule has 11 nitrogen and oxygen atoms in total. The topological polar surface area (TPSA) is 146 Å². The number of carbonyl (C=O) groups excluding carboxylic acids is 3. The number of nitro benzene ring substituents is 1. The number of non-ortho nitro benzene ring substituents is 1. The zero-order valence-electron chi connectivity index (χ0n) is 17.1. The fraction of sp³-hybridized carbons (Fsp3) is 0.450. The Morgan fingerprint density at radius 3 is 2.45 bits per heavy atom. The first-order chi connectivity index (χ1) is 14.7. The van der Waals surface area contributed by atoms with Crippen molar-refractivity contribution in [2.45, 2.75) is 39.5 Å². The number of ether oxygens (including phenoxy) is 1. The molecule has 2 aliphatic heterocycles. The number of aliphatic hydroxyl groups excluding tert-OH is 1. The molecule has 3 rings (SSSR count). The van der Waals surface area contributed by atoms with Gasteiger partial charge in [-0.3, -0.25) is 19.8 Å². The fourth-order valence-electron chi connectivity index (χ4n) is 3.91. The quantitative estimate of drug-likeness (QED) is 0.210. The van der Waals surface area contributed by atoms with Crippen molar-refractivity contribution in [2.24, 2.45) is 11.8 Å². The highest BCUT2D eigenvalue weighted by molar-refractivity contribution is 6.07. The first-order valence-electron chi connectivity index (χ1n) is 9.68. The summed E-state index contributed by atoms with van der Waals surface area (Å²) in [5.41, 5.74) is 0.0635. The van der Waals surface area contributed by atoms with Crippen molar-refractivity contribution in [3.8, 4) is 0 Å². The highest BCUT2D eigenvalue weighted by Crippen LogP contribution is 2.47. The third-order valence-corrected chi connectivity index (χ3v) is 5.35. The highest BCUT2D eigenvalue weighted by Gasteiger charge is 2.61. The lowest BCUT2D eigenvalue weighted by Gasteiger charge is -2.46. The number of nitro groups is 1. The van der Waals surface area contributed by atoms with E-state index < -0.39 is 46.8 Å². The van der Waals surface area contributed by atoms with Crippen molar-refractivity contribution < 1.29 is 38.9 Å². The molecule has 0 bridgehead atoms. The van der Waals surface area contributed by atoms with Gasteiger partial charge in [0.25, 0.3) is 5.69 Å². The highest BCUT2D eigenvalue weighted by atomic mass is 17.2. The van der Waals surface area contributed by atoms with Crippen LogP contribution in [0.2, 0.25) is 0 Å². The van der Waals surface area contributed by atoms with Crippen molar-refractivity contribution in [2.75, 3.05) is 6.61 Å². The molecule has 0 spiro atoms. The SMILES string of the molecule is CCOOC(=O)C1=C(C(=O)OCc2ccc([N+](=O)[O-])cc2)N2C(=O)[C@H]([C@@H](C)O)[C@H]2[C@@H]1C. The van der Waals surface area contributed by atoms with Crippen LogP contribution in [0.3, 0.4) is 0 Å². The second kappa shape index (κ2) is 8.82. The number of benzene rings is 1. The number of carbonyl (C=O) groups is 3. The Hall–Kier alpha value is -3.31. The molecule has 11 heteroatoms. The van der Waals surface area contributed by atoms with E-state index in [2.05, 4.69) is 0 Å². The summed E-state index contributed by atoms with van der Waals surface area (Å²) in [6.45, 7) is 4.60. The molecule has 166 valence electrons. The van der Waals surface area contributed by atoms with E-state index in [1.54, 1.807) is 13.8 Å². The molecule has 1 amide bonds. The zero-order chi connectivity index (χ0) is 22.9. The molecule has 2 heterocycles. The zero-order valence-corrected chi connectivity index (χ0v) is 17.1. The van der Waals surface area contributed by atoms with E-state index >= 15 is 0 Å². The average molecular weight is 434 g/mol. The first-order valence-corrected chi connectivity index (χ1v) is 9.68. The summed E-state index contributed by atoms with van der Waals surface area (Å²) in [4.78, 5) is 58.7. The van der Waals surface area contributed by atoms with Gasteiger partial charge in [0.15, 0.2) is 0 Å². The summed E-state index contributed by atoms with van der Waals surface area (Å²) in [5.74, 6) is -3.68. The molecule has 0 saturated carbocycles. The van der Waals surface area contributed by atoms with Crippen LogP contribution in [-0.4, -0.2) is 51.5 Å². The number of rotatable bonds is 8. The van der Waals surface area contributed by atoms with Crippen LogP contribution in [0.15, 0.2) is 35.5 Å². The van der Waals surface area contributed by atoms with Gasteiger partial charge < -0.3 is 14.7 Å². The number of aliphatic hydroxyl groups is 1. The number of nitrogens with zero attached hydrogens (tertiary/aromatic N) is 2. The lowest BCUT2D eigenvalue weighted by Crippen LogP contribution is -2.63. The van der Waals surface area contributed by atoms with Crippen LogP contribution in [0.25, 0.3) is 0 Å².